The Morgan fingerprint density at radius 1 is 1.03 bits per heavy atom. The Labute approximate surface area is 195 Å². The molecule has 3 aromatic carbocycles. The van der Waals surface area contributed by atoms with E-state index in [-0.39, 0.29) is 17.2 Å². The highest BCUT2D eigenvalue weighted by molar-refractivity contribution is 7.99. The molecule has 0 aliphatic carbocycles. The van der Waals surface area contributed by atoms with Crippen LogP contribution in [0.5, 0.6) is 0 Å². The quantitative estimate of drug-likeness (QED) is 0.277. The molecule has 0 atom stereocenters. The van der Waals surface area contributed by atoms with E-state index in [1.54, 1.807) is 21.6 Å². The summed E-state index contributed by atoms with van der Waals surface area (Å²) in [5.74, 6) is 0.128. The Hall–Kier alpha value is -3.09. The van der Waals surface area contributed by atoms with Crippen LogP contribution in [0.4, 0.5) is 5.69 Å². The van der Waals surface area contributed by atoms with Gasteiger partial charge in [-0.15, -0.1) is 0 Å². The van der Waals surface area contributed by atoms with E-state index in [0.29, 0.717) is 34.2 Å². The van der Waals surface area contributed by atoms with Crippen LogP contribution >= 0.6 is 23.4 Å². The van der Waals surface area contributed by atoms with Crippen LogP contribution in [0.25, 0.3) is 10.9 Å². The third-order valence-corrected chi connectivity index (χ3v) is 6.26. The summed E-state index contributed by atoms with van der Waals surface area (Å²) in [7, 11) is 0. The smallest absolute Gasteiger partial charge is 0.262 e. The molecule has 0 N–H and O–H groups in total. The van der Waals surface area contributed by atoms with E-state index in [4.69, 9.17) is 16.6 Å². The Bertz CT molecular complexity index is 1310. The van der Waals surface area contributed by atoms with Gasteiger partial charge in [0.25, 0.3) is 5.56 Å². The molecule has 0 bridgehead atoms. The normalized spacial score (nSPS) is 10.9. The third-order valence-electron chi connectivity index (χ3n) is 5.07. The number of amides is 1. The SMILES string of the molecule is CCN(C(=O)CSc1nc2ccccc2c(=O)n1Cc1cccc(Cl)c1)c1ccccc1. The number of anilines is 1. The molecule has 1 aromatic heterocycles. The van der Waals surface area contributed by atoms with Crippen LogP contribution < -0.4 is 10.5 Å². The second-order valence-corrected chi connectivity index (χ2v) is 8.57. The van der Waals surface area contributed by atoms with Gasteiger partial charge in [0.15, 0.2) is 5.16 Å². The molecule has 7 heteroatoms. The summed E-state index contributed by atoms with van der Waals surface area (Å²) in [6.45, 7) is 2.83. The highest BCUT2D eigenvalue weighted by Crippen LogP contribution is 2.22. The van der Waals surface area contributed by atoms with E-state index in [1.807, 2.05) is 73.7 Å². The minimum atomic E-state index is -0.138. The summed E-state index contributed by atoms with van der Waals surface area (Å²) in [6, 6.07) is 24.2. The standard InChI is InChI=1S/C25H22ClN3O2S/c1-2-28(20-11-4-3-5-12-20)23(30)17-32-25-27-22-14-7-6-13-21(22)24(31)29(25)16-18-9-8-10-19(26)15-18/h3-15H,2,16-17H2,1H3. The van der Waals surface area contributed by atoms with E-state index < -0.39 is 0 Å². The molecule has 162 valence electrons. The molecule has 0 aliphatic rings. The van der Waals surface area contributed by atoms with E-state index >= 15 is 0 Å². The van der Waals surface area contributed by atoms with E-state index in [2.05, 4.69) is 0 Å². The van der Waals surface area contributed by atoms with Crippen LogP contribution in [0.15, 0.2) is 88.8 Å². The van der Waals surface area contributed by atoms with Gasteiger partial charge in [-0.25, -0.2) is 4.98 Å². The molecule has 0 unspecified atom stereocenters. The first-order chi connectivity index (χ1) is 15.6. The number of nitrogens with zero attached hydrogens (tertiary/aromatic N) is 3. The summed E-state index contributed by atoms with van der Waals surface area (Å²) < 4.78 is 1.62. The summed E-state index contributed by atoms with van der Waals surface area (Å²) in [5, 5.41) is 1.66. The number of thioether (sulfide) groups is 1. The number of rotatable bonds is 7. The molecule has 5 nitrogen and oxygen atoms in total. The van der Waals surface area contributed by atoms with Gasteiger partial charge < -0.3 is 4.90 Å². The summed E-state index contributed by atoms with van der Waals surface area (Å²) >= 11 is 7.41. The maximum Gasteiger partial charge on any atom is 0.262 e. The number of hydrogen-bond acceptors (Lipinski definition) is 4. The number of hydrogen-bond donors (Lipinski definition) is 0. The van der Waals surface area contributed by atoms with Gasteiger partial charge in [-0.1, -0.05) is 65.8 Å². The Balaban J connectivity index is 1.66. The van der Waals surface area contributed by atoms with Crippen molar-refractivity contribution in [2.24, 2.45) is 0 Å². The number of halogens is 1. The predicted molar refractivity (Wildman–Crippen MR) is 132 cm³/mol. The second-order valence-electron chi connectivity index (χ2n) is 7.19. The van der Waals surface area contributed by atoms with Crippen molar-refractivity contribution in [2.75, 3.05) is 17.2 Å². The predicted octanol–water partition coefficient (Wildman–Crippen LogP) is 5.24. The Morgan fingerprint density at radius 3 is 2.53 bits per heavy atom. The van der Waals surface area contributed by atoms with Crippen molar-refractivity contribution < 1.29 is 4.79 Å². The Morgan fingerprint density at radius 2 is 1.78 bits per heavy atom. The summed E-state index contributed by atoms with van der Waals surface area (Å²) in [6.07, 6.45) is 0. The molecule has 1 heterocycles. The molecule has 0 spiro atoms. The van der Waals surface area contributed by atoms with Crippen LogP contribution in [-0.2, 0) is 11.3 Å². The average molecular weight is 464 g/mol. The number of aromatic nitrogens is 2. The zero-order valence-corrected chi connectivity index (χ0v) is 19.1. The van der Waals surface area contributed by atoms with Gasteiger partial charge in [-0.2, -0.15) is 0 Å². The first-order valence-electron chi connectivity index (χ1n) is 10.3. The van der Waals surface area contributed by atoms with E-state index in [0.717, 1.165) is 11.3 Å². The molecule has 0 fully saturated rings. The number of fused-ring (bicyclic) bond motifs is 1. The average Bonchev–Trinajstić information content (AvgIpc) is 2.81. The van der Waals surface area contributed by atoms with Gasteiger partial charge >= 0.3 is 0 Å². The van der Waals surface area contributed by atoms with Crippen molar-refractivity contribution >= 4 is 45.9 Å². The van der Waals surface area contributed by atoms with Gasteiger partial charge in [0.05, 0.1) is 23.2 Å². The monoisotopic (exact) mass is 463 g/mol. The van der Waals surface area contributed by atoms with Gasteiger partial charge in [0.2, 0.25) is 5.91 Å². The number of benzene rings is 3. The van der Waals surface area contributed by atoms with Crippen LogP contribution in [0, 0.1) is 0 Å². The molecule has 0 saturated heterocycles. The van der Waals surface area contributed by atoms with Gasteiger partial charge in [0, 0.05) is 17.3 Å². The second kappa shape index (κ2) is 10.0. The third kappa shape index (κ3) is 4.87. The number of carbonyl (C=O) groups is 1. The van der Waals surface area contributed by atoms with Crippen molar-refractivity contribution in [2.45, 2.75) is 18.6 Å². The first kappa shape index (κ1) is 22.1. The van der Waals surface area contributed by atoms with E-state index in [9.17, 15) is 9.59 Å². The fourth-order valence-electron chi connectivity index (χ4n) is 3.53. The van der Waals surface area contributed by atoms with Crippen LogP contribution in [0.3, 0.4) is 0 Å². The molecule has 0 saturated carbocycles. The molecular weight excluding hydrogens is 442 g/mol. The molecular formula is C25H22ClN3O2S. The largest absolute Gasteiger partial charge is 0.312 e. The highest BCUT2D eigenvalue weighted by Gasteiger charge is 2.17. The van der Waals surface area contributed by atoms with Gasteiger partial charge in [0.1, 0.15) is 0 Å². The lowest BCUT2D eigenvalue weighted by Gasteiger charge is -2.21. The molecule has 4 aromatic rings. The number of carbonyl (C=O) groups excluding carboxylic acids is 1. The lowest BCUT2D eigenvalue weighted by Crippen LogP contribution is -2.32. The maximum absolute atomic E-state index is 13.3. The molecule has 4 rings (SSSR count). The van der Waals surface area contributed by atoms with Crippen LogP contribution in [0.2, 0.25) is 5.02 Å². The lowest BCUT2D eigenvalue weighted by atomic mass is 10.2. The zero-order chi connectivity index (χ0) is 22.5. The maximum atomic E-state index is 13.3. The topological polar surface area (TPSA) is 55.2 Å². The fourth-order valence-corrected chi connectivity index (χ4v) is 4.62. The highest BCUT2D eigenvalue weighted by atomic mass is 35.5. The van der Waals surface area contributed by atoms with Crippen LogP contribution in [0.1, 0.15) is 12.5 Å². The summed E-state index contributed by atoms with van der Waals surface area (Å²) in [5.41, 5.74) is 2.22. The lowest BCUT2D eigenvalue weighted by molar-refractivity contribution is -0.116. The van der Waals surface area contributed by atoms with Gasteiger partial charge in [-0.3, -0.25) is 14.2 Å². The molecule has 1 amide bonds. The van der Waals surface area contributed by atoms with Crippen molar-refractivity contribution in [3.63, 3.8) is 0 Å². The fraction of sp³-hybridized carbons (Fsp3) is 0.160. The molecule has 0 radical (unpaired) electrons. The van der Waals surface area contributed by atoms with E-state index in [1.165, 1.54) is 11.8 Å². The molecule has 0 aliphatic heterocycles. The Kier molecular flexibility index (Phi) is 6.93. The first-order valence-corrected chi connectivity index (χ1v) is 11.7. The minimum Gasteiger partial charge on any atom is -0.312 e. The molecule has 32 heavy (non-hydrogen) atoms. The zero-order valence-electron chi connectivity index (χ0n) is 17.6. The minimum absolute atomic E-state index is 0.0413. The van der Waals surface area contributed by atoms with Crippen molar-refractivity contribution in [3.05, 3.63) is 99.8 Å². The summed E-state index contributed by atoms with van der Waals surface area (Å²) in [4.78, 5) is 32.7. The van der Waals surface area contributed by atoms with Crippen LogP contribution in [-0.4, -0.2) is 27.8 Å². The van der Waals surface area contributed by atoms with Crippen molar-refractivity contribution in [1.29, 1.82) is 0 Å². The van der Waals surface area contributed by atoms with Crippen molar-refractivity contribution in [3.8, 4) is 0 Å². The van der Waals surface area contributed by atoms with Crippen molar-refractivity contribution in [1.82, 2.24) is 9.55 Å². The van der Waals surface area contributed by atoms with Gasteiger partial charge in [-0.05, 0) is 48.9 Å². The number of para-hydroxylation sites is 2.